The van der Waals surface area contributed by atoms with Crippen LogP contribution in [-0.2, 0) is 29.0 Å². The van der Waals surface area contributed by atoms with E-state index in [1.54, 1.807) is 30.3 Å². The number of aromatic amines is 1. The van der Waals surface area contributed by atoms with Crippen molar-refractivity contribution >= 4 is 40.5 Å². The number of carbonyl (C=O) groups excluding carboxylic acids is 1. The number of nitrogens with one attached hydrogen (secondary N) is 5. The molecule has 1 saturated heterocycles. The number of imidazole rings is 1. The summed E-state index contributed by atoms with van der Waals surface area (Å²) in [6.07, 6.45) is 0.263. The number of rotatable bonds is 12. The van der Waals surface area contributed by atoms with Crippen molar-refractivity contribution in [2.24, 2.45) is 0 Å². The Morgan fingerprint density at radius 1 is 1.00 bits per heavy atom. The number of nitrogens with zero attached hydrogens (tertiary/aromatic N) is 6. The Morgan fingerprint density at radius 2 is 1.79 bits per heavy atom. The molecule has 2 aromatic heterocycles. The summed E-state index contributed by atoms with van der Waals surface area (Å²) in [4.78, 5) is 36.5. The zero-order valence-corrected chi connectivity index (χ0v) is 25.8. The number of hydrogen-bond acceptors (Lipinski definition) is 12. The SMILES string of the molecule is COC(=O)[C@H](Cc1ccc(C#N)cc1)Nc1nc(NCc2nc3ccc(F)cc3[nH]2)nc(Nc2cccc(CN3CCNCC3)c2)n1. The molecule has 6 rings (SSSR count). The highest BCUT2D eigenvalue weighted by Gasteiger charge is 2.22. The van der Waals surface area contributed by atoms with Crippen LogP contribution in [-0.4, -0.2) is 75.1 Å². The Balaban J connectivity index is 1.25. The van der Waals surface area contributed by atoms with Gasteiger partial charge >= 0.3 is 5.97 Å². The zero-order chi connectivity index (χ0) is 32.6. The van der Waals surface area contributed by atoms with Gasteiger partial charge in [-0.15, -0.1) is 0 Å². The van der Waals surface area contributed by atoms with Gasteiger partial charge in [-0.25, -0.2) is 14.2 Å². The normalized spacial score (nSPS) is 13.9. The second-order valence-electron chi connectivity index (χ2n) is 11.1. The Kier molecular flexibility index (Phi) is 9.75. The second-order valence-corrected chi connectivity index (χ2v) is 11.1. The third kappa shape index (κ3) is 8.34. The highest BCUT2D eigenvalue weighted by atomic mass is 19.1. The molecule has 0 aliphatic carbocycles. The van der Waals surface area contributed by atoms with Crippen LogP contribution in [0.25, 0.3) is 11.0 Å². The van der Waals surface area contributed by atoms with Crippen LogP contribution < -0.4 is 21.3 Å². The van der Waals surface area contributed by atoms with Crippen molar-refractivity contribution in [2.45, 2.75) is 25.6 Å². The molecule has 0 amide bonds. The van der Waals surface area contributed by atoms with E-state index >= 15 is 0 Å². The molecular formula is C33H34FN11O2. The van der Waals surface area contributed by atoms with Crippen molar-refractivity contribution in [1.29, 1.82) is 5.26 Å². The number of halogens is 1. The van der Waals surface area contributed by atoms with E-state index in [1.807, 2.05) is 12.1 Å². The summed E-state index contributed by atoms with van der Waals surface area (Å²) in [6, 6.07) is 20.6. The number of hydrogen-bond donors (Lipinski definition) is 5. The van der Waals surface area contributed by atoms with Gasteiger partial charge in [-0.1, -0.05) is 24.3 Å². The fourth-order valence-corrected chi connectivity index (χ4v) is 5.30. The first-order chi connectivity index (χ1) is 22.9. The minimum absolute atomic E-state index is 0.137. The van der Waals surface area contributed by atoms with Gasteiger partial charge in [-0.05, 0) is 53.6 Å². The number of esters is 1. The number of piperazine rings is 1. The molecule has 5 N–H and O–H groups in total. The molecular weight excluding hydrogens is 601 g/mol. The molecule has 1 aliphatic rings. The van der Waals surface area contributed by atoms with Gasteiger partial charge in [0.15, 0.2) is 0 Å². The number of benzene rings is 3. The predicted molar refractivity (Wildman–Crippen MR) is 175 cm³/mol. The Hall–Kier alpha value is -5.65. The molecule has 14 heteroatoms. The largest absolute Gasteiger partial charge is 0.467 e. The van der Waals surface area contributed by atoms with Crippen LogP contribution >= 0.6 is 0 Å². The Bertz CT molecular complexity index is 1880. The lowest BCUT2D eigenvalue weighted by atomic mass is 10.0. The van der Waals surface area contributed by atoms with Crippen molar-refractivity contribution < 1.29 is 13.9 Å². The maximum Gasteiger partial charge on any atom is 0.328 e. The lowest BCUT2D eigenvalue weighted by Gasteiger charge is -2.27. The molecule has 13 nitrogen and oxygen atoms in total. The number of nitriles is 1. The van der Waals surface area contributed by atoms with Crippen molar-refractivity contribution in [1.82, 2.24) is 35.1 Å². The fourth-order valence-electron chi connectivity index (χ4n) is 5.30. The summed E-state index contributed by atoms with van der Waals surface area (Å²) in [5.74, 6) is 0.298. The van der Waals surface area contributed by atoms with Gasteiger partial charge in [0.2, 0.25) is 17.8 Å². The van der Waals surface area contributed by atoms with E-state index < -0.39 is 12.0 Å². The average molecular weight is 636 g/mol. The first-order valence-corrected chi connectivity index (χ1v) is 15.2. The molecule has 240 valence electrons. The van der Waals surface area contributed by atoms with Gasteiger partial charge in [-0.3, -0.25) is 4.90 Å². The molecule has 0 saturated carbocycles. The van der Waals surface area contributed by atoms with E-state index in [0.717, 1.165) is 49.5 Å². The third-order valence-corrected chi connectivity index (χ3v) is 7.65. The summed E-state index contributed by atoms with van der Waals surface area (Å²) >= 11 is 0. The van der Waals surface area contributed by atoms with E-state index in [4.69, 9.17) is 10.00 Å². The first kappa shape index (κ1) is 31.3. The van der Waals surface area contributed by atoms with Crippen LogP contribution in [0.4, 0.5) is 27.9 Å². The van der Waals surface area contributed by atoms with E-state index in [9.17, 15) is 9.18 Å². The van der Waals surface area contributed by atoms with Gasteiger partial charge in [-0.2, -0.15) is 20.2 Å². The van der Waals surface area contributed by atoms with Crippen LogP contribution in [0.5, 0.6) is 0 Å². The lowest BCUT2D eigenvalue weighted by Crippen LogP contribution is -2.42. The first-order valence-electron chi connectivity index (χ1n) is 15.2. The smallest absolute Gasteiger partial charge is 0.328 e. The van der Waals surface area contributed by atoms with E-state index in [-0.39, 0.29) is 36.6 Å². The second kappa shape index (κ2) is 14.6. The van der Waals surface area contributed by atoms with Gasteiger partial charge in [0.25, 0.3) is 0 Å². The summed E-state index contributed by atoms with van der Waals surface area (Å²) in [5, 5.41) is 22.1. The quantitative estimate of drug-likeness (QED) is 0.126. The standard InChI is InChI=1S/C33H34FN11O2/c1-47-30(46)28(16-21-5-7-22(18-35)8-6-21)41-33-43-31(37-19-29-39-26-10-9-24(34)17-27(26)40-29)42-32(44-33)38-25-4-2-3-23(15-25)20-45-13-11-36-12-14-45/h2-10,15,17,28,36H,11-14,16,19-20H2,1H3,(H,39,40)(H3,37,38,41,42,43,44)/t28-/m0/s1. The van der Waals surface area contributed by atoms with Crippen LogP contribution in [0.1, 0.15) is 22.5 Å². The molecule has 0 bridgehead atoms. The van der Waals surface area contributed by atoms with E-state index in [1.165, 1.54) is 19.2 Å². The number of H-pyrrole nitrogens is 1. The number of aromatic nitrogens is 5. The maximum atomic E-state index is 13.7. The molecule has 0 radical (unpaired) electrons. The number of carbonyl (C=O) groups is 1. The van der Waals surface area contributed by atoms with E-state index in [0.29, 0.717) is 22.4 Å². The molecule has 1 aliphatic heterocycles. The molecule has 1 fully saturated rings. The number of anilines is 4. The molecule has 47 heavy (non-hydrogen) atoms. The Morgan fingerprint density at radius 3 is 2.57 bits per heavy atom. The molecule has 0 spiro atoms. The van der Waals surface area contributed by atoms with Crippen molar-refractivity contribution in [3.63, 3.8) is 0 Å². The monoisotopic (exact) mass is 635 g/mol. The van der Waals surface area contributed by atoms with E-state index in [2.05, 4.69) is 69.3 Å². The van der Waals surface area contributed by atoms with Crippen LogP contribution in [0.3, 0.4) is 0 Å². The van der Waals surface area contributed by atoms with Gasteiger partial charge in [0.1, 0.15) is 17.7 Å². The predicted octanol–water partition coefficient (Wildman–Crippen LogP) is 3.72. The van der Waals surface area contributed by atoms with Crippen molar-refractivity contribution in [3.05, 3.63) is 95.1 Å². The highest BCUT2D eigenvalue weighted by molar-refractivity contribution is 5.79. The van der Waals surface area contributed by atoms with Crippen LogP contribution in [0.15, 0.2) is 66.7 Å². The summed E-state index contributed by atoms with van der Waals surface area (Å²) in [5.41, 5.74) is 4.49. The minimum atomic E-state index is -0.830. The Labute approximate surface area is 270 Å². The number of methoxy groups -OCH3 is 1. The molecule has 3 aromatic carbocycles. The molecule has 5 aromatic rings. The van der Waals surface area contributed by atoms with Crippen molar-refractivity contribution in [2.75, 3.05) is 49.2 Å². The minimum Gasteiger partial charge on any atom is -0.467 e. The summed E-state index contributed by atoms with van der Waals surface area (Å²) in [7, 11) is 1.32. The van der Waals surface area contributed by atoms with Crippen LogP contribution in [0.2, 0.25) is 0 Å². The fraction of sp³-hybridized carbons (Fsp3) is 0.273. The number of fused-ring (bicyclic) bond motifs is 1. The molecule has 3 heterocycles. The van der Waals surface area contributed by atoms with Crippen LogP contribution in [0, 0.1) is 17.1 Å². The van der Waals surface area contributed by atoms with Gasteiger partial charge in [0, 0.05) is 44.8 Å². The van der Waals surface area contributed by atoms with Gasteiger partial charge in [0.05, 0.1) is 36.3 Å². The zero-order valence-electron chi connectivity index (χ0n) is 25.8. The lowest BCUT2D eigenvalue weighted by molar-refractivity contribution is -0.141. The number of ether oxygens (including phenoxy) is 1. The molecule has 0 unspecified atom stereocenters. The highest BCUT2D eigenvalue weighted by Crippen LogP contribution is 2.20. The van der Waals surface area contributed by atoms with Gasteiger partial charge < -0.3 is 31.0 Å². The summed E-state index contributed by atoms with van der Waals surface area (Å²) in [6.45, 7) is 4.95. The average Bonchev–Trinajstić information content (AvgIpc) is 3.49. The molecule has 1 atom stereocenters. The third-order valence-electron chi connectivity index (χ3n) is 7.65. The topological polar surface area (TPSA) is 169 Å². The van der Waals surface area contributed by atoms with Crippen molar-refractivity contribution in [3.8, 4) is 6.07 Å². The maximum absolute atomic E-state index is 13.7. The summed E-state index contributed by atoms with van der Waals surface area (Å²) < 4.78 is 18.8.